The maximum atomic E-state index is 13.4. The minimum Gasteiger partial charge on any atom is -0.384 e. The standard InChI is InChI=1S/C26H20F3N5O3S/c27-26(28,29)22-14-21(34(33-22)19-5-1-4-17(13-19)24(30)31)25(35)32-18-9-7-15(8-10-18)20-6-2-3-16-11-12-38(36,37)23(16)20/h1-10,13-14H,11-12H2,(H3,30,31)(H,32,35). The number of aromatic nitrogens is 2. The Morgan fingerprint density at radius 1 is 1.03 bits per heavy atom. The number of fused-ring (bicyclic) bond motifs is 1. The number of aryl methyl sites for hydroxylation is 1. The molecule has 38 heavy (non-hydrogen) atoms. The molecule has 1 amide bonds. The highest BCUT2D eigenvalue weighted by Crippen LogP contribution is 2.36. The van der Waals surface area contributed by atoms with Gasteiger partial charge in [0.1, 0.15) is 11.5 Å². The molecule has 0 aliphatic carbocycles. The number of sulfone groups is 1. The van der Waals surface area contributed by atoms with Gasteiger partial charge in [-0.15, -0.1) is 0 Å². The summed E-state index contributed by atoms with van der Waals surface area (Å²) in [5.41, 5.74) is 6.44. The number of nitrogens with zero attached hydrogens (tertiary/aromatic N) is 2. The maximum Gasteiger partial charge on any atom is 0.435 e. The lowest BCUT2D eigenvalue weighted by molar-refractivity contribution is -0.141. The van der Waals surface area contributed by atoms with Crippen molar-refractivity contribution >= 4 is 27.3 Å². The molecule has 0 spiro atoms. The number of amides is 1. The number of carbonyl (C=O) groups is 1. The van der Waals surface area contributed by atoms with Gasteiger partial charge >= 0.3 is 6.18 Å². The van der Waals surface area contributed by atoms with E-state index in [4.69, 9.17) is 11.1 Å². The lowest BCUT2D eigenvalue weighted by Gasteiger charge is -2.11. The monoisotopic (exact) mass is 539 g/mol. The van der Waals surface area contributed by atoms with Crippen molar-refractivity contribution in [1.29, 1.82) is 5.41 Å². The number of hydrogen-bond acceptors (Lipinski definition) is 5. The van der Waals surface area contributed by atoms with Gasteiger partial charge in [-0.2, -0.15) is 18.3 Å². The van der Waals surface area contributed by atoms with E-state index >= 15 is 0 Å². The van der Waals surface area contributed by atoms with Crippen molar-refractivity contribution in [2.45, 2.75) is 17.5 Å². The Morgan fingerprint density at radius 3 is 2.42 bits per heavy atom. The van der Waals surface area contributed by atoms with Gasteiger partial charge in [0.15, 0.2) is 15.5 Å². The number of rotatable bonds is 5. The zero-order valence-corrected chi connectivity index (χ0v) is 20.4. The third kappa shape index (κ3) is 4.65. The van der Waals surface area contributed by atoms with Crippen LogP contribution in [-0.2, 0) is 22.4 Å². The average Bonchev–Trinajstić information content (AvgIpc) is 3.47. The summed E-state index contributed by atoms with van der Waals surface area (Å²) in [6.07, 6.45) is -4.35. The van der Waals surface area contributed by atoms with E-state index in [-0.39, 0.29) is 34.2 Å². The first kappa shape index (κ1) is 25.2. The number of benzene rings is 3. The molecule has 8 nitrogen and oxygen atoms in total. The van der Waals surface area contributed by atoms with Crippen LogP contribution in [0.4, 0.5) is 18.9 Å². The summed E-state index contributed by atoms with van der Waals surface area (Å²) in [7, 11) is -3.39. The number of hydrogen-bond donors (Lipinski definition) is 3. The van der Waals surface area contributed by atoms with Crippen LogP contribution in [0.2, 0.25) is 0 Å². The van der Waals surface area contributed by atoms with Crippen LogP contribution in [0.3, 0.4) is 0 Å². The average molecular weight is 540 g/mol. The van der Waals surface area contributed by atoms with E-state index < -0.39 is 27.6 Å². The molecule has 0 bridgehead atoms. The molecule has 0 unspecified atom stereocenters. The number of anilines is 1. The molecular formula is C26H20F3N5O3S. The molecule has 5 rings (SSSR count). The lowest BCUT2D eigenvalue weighted by Crippen LogP contribution is -2.17. The van der Waals surface area contributed by atoms with Gasteiger partial charge in [0.05, 0.1) is 16.3 Å². The summed E-state index contributed by atoms with van der Waals surface area (Å²) in [6.45, 7) is 0. The molecule has 1 aliphatic rings. The summed E-state index contributed by atoms with van der Waals surface area (Å²) in [4.78, 5) is 13.4. The van der Waals surface area contributed by atoms with Crippen LogP contribution in [-0.4, -0.2) is 35.7 Å². The molecule has 12 heteroatoms. The largest absolute Gasteiger partial charge is 0.435 e. The summed E-state index contributed by atoms with van der Waals surface area (Å²) < 4.78 is 66.2. The van der Waals surface area contributed by atoms with E-state index in [0.717, 1.165) is 10.2 Å². The van der Waals surface area contributed by atoms with Crippen molar-refractivity contribution in [3.8, 4) is 16.8 Å². The molecular weight excluding hydrogens is 519 g/mol. The van der Waals surface area contributed by atoms with Crippen LogP contribution in [0.1, 0.15) is 27.3 Å². The number of carbonyl (C=O) groups excluding carboxylic acids is 1. The minimum absolute atomic E-state index is 0.0520. The van der Waals surface area contributed by atoms with Gasteiger partial charge in [0.25, 0.3) is 5.91 Å². The van der Waals surface area contributed by atoms with E-state index in [1.165, 1.54) is 36.4 Å². The zero-order chi connectivity index (χ0) is 27.2. The summed E-state index contributed by atoms with van der Waals surface area (Å²) in [5, 5.41) is 13.7. The Labute approximate surface area is 215 Å². The minimum atomic E-state index is -4.80. The first-order valence-electron chi connectivity index (χ1n) is 11.3. The van der Waals surface area contributed by atoms with Gasteiger partial charge in [0.2, 0.25) is 0 Å². The van der Waals surface area contributed by atoms with Gasteiger partial charge in [-0.05, 0) is 41.8 Å². The smallest absolute Gasteiger partial charge is 0.384 e. The molecule has 4 aromatic rings. The second-order valence-corrected chi connectivity index (χ2v) is 10.7. The van der Waals surface area contributed by atoms with Crippen molar-refractivity contribution < 1.29 is 26.4 Å². The molecule has 2 heterocycles. The Balaban J connectivity index is 1.47. The van der Waals surface area contributed by atoms with Gasteiger partial charge < -0.3 is 11.1 Å². The van der Waals surface area contributed by atoms with Crippen LogP contribution in [0.15, 0.2) is 77.7 Å². The molecule has 0 fully saturated rings. The molecule has 194 valence electrons. The van der Waals surface area contributed by atoms with Crippen LogP contribution < -0.4 is 11.1 Å². The molecule has 1 aromatic heterocycles. The van der Waals surface area contributed by atoms with E-state index in [1.807, 2.05) is 0 Å². The van der Waals surface area contributed by atoms with Crippen molar-refractivity contribution in [2.24, 2.45) is 5.73 Å². The third-order valence-corrected chi connectivity index (χ3v) is 7.98. The summed E-state index contributed by atoms with van der Waals surface area (Å²) >= 11 is 0. The molecule has 4 N–H and O–H groups in total. The number of alkyl halides is 3. The van der Waals surface area contributed by atoms with Crippen LogP contribution in [0, 0.1) is 5.41 Å². The second kappa shape index (κ2) is 9.14. The highest BCUT2D eigenvalue weighted by atomic mass is 32.2. The normalized spacial score (nSPS) is 14.2. The highest BCUT2D eigenvalue weighted by Gasteiger charge is 2.36. The van der Waals surface area contributed by atoms with Crippen LogP contribution in [0.25, 0.3) is 16.8 Å². The fourth-order valence-corrected chi connectivity index (χ4v) is 6.12. The first-order chi connectivity index (χ1) is 17.9. The highest BCUT2D eigenvalue weighted by molar-refractivity contribution is 7.91. The molecule has 0 saturated heterocycles. The zero-order valence-electron chi connectivity index (χ0n) is 19.6. The molecule has 1 aliphatic heterocycles. The number of halogens is 3. The van der Waals surface area contributed by atoms with Crippen molar-refractivity contribution in [2.75, 3.05) is 11.1 Å². The molecule has 0 radical (unpaired) electrons. The van der Waals surface area contributed by atoms with Gasteiger partial charge in [0, 0.05) is 22.9 Å². The molecule has 0 saturated carbocycles. The Hall–Kier alpha value is -4.45. The first-order valence-corrected chi connectivity index (χ1v) is 13.0. The fraction of sp³-hybridized carbons (Fsp3) is 0.115. The van der Waals surface area contributed by atoms with Crippen LogP contribution >= 0.6 is 0 Å². The fourth-order valence-electron chi connectivity index (χ4n) is 4.33. The molecule has 0 atom stereocenters. The number of nitrogens with two attached hydrogens (primary N) is 1. The summed E-state index contributed by atoms with van der Waals surface area (Å²) in [5.74, 6) is -1.09. The predicted molar refractivity (Wildman–Crippen MR) is 135 cm³/mol. The van der Waals surface area contributed by atoms with Gasteiger partial charge in [-0.1, -0.05) is 42.5 Å². The SMILES string of the molecule is N=C(N)c1cccc(-n2nc(C(F)(F)F)cc2C(=O)Nc2ccc(-c3cccc4c3S(=O)(=O)CC4)cc2)c1. The summed E-state index contributed by atoms with van der Waals surface area (Å²) in [6, 6.07) is 18.0. The van der Waals surface area contributed by atoms with E-state index in [0.29, 0.717) is 28.5 Å². The number of amidine groups is 1. The number of nitrogen functional groups attached to an aromatic ring is 1. The van der Waals surface area contributed by atoms with Crippen molar-refractivity contribution in [1.82, 2.24) is 9.78 Å². The van der Waals surface area contributed by atoms with E-state index in [9.17, 15) is 26.4 Å². The predicted octanol–water partition coefficient (Wildman–Crippen LogP) is 4.42. The van der Waals surface area contributed by atoms with Gasteiger partial charge in [-0.25, -0.2) is 13.1 Å². The lowest BCUT2D eigenvalue weighted by atomic mass is 10.0. The quantitative estimate of drug-likeness (QED) is 0.255. The third-order valence-electron chi connectivity index (χ3n) is 6.14. The van der Waals surface area contributed by atoms with Crippen molar-refractivity contribution in [3.63, 3.8) is 0 Å². The second-order valence-electron chi connectivity index (χ2n) is 8.68. The van der Waals surface area contributed by atoms with Crippen LogP contribution in [0.5, 0.6) is 0 Å². The topological polar surface area (TPSA) is 131 Å². The van der Waals surface area contributed by atoms with E-state index in [1.54, 1.807) is 30.3 Å². The Bertz CT molecular complexity index is 1690. The molecule has 3 aromatic carbocycles. The van der Waals surface area contributed by atoms with E-state index in [2.05, 4.69) is 10.4 Å². The van der Waals surface area contributed by atoms with Crippen molar-refractivity contribution in [3.05, 3.63) is 95.3 Å². The Morgan fingerprint density at radius 2 is 1.74 bits per heavy atom. The Kier molecular flexibility index (Phi) is 6.06. The number of nitrogens with one attached hydrogen (secondary N) is 2. The maximum absolute atomic E-state index is 13.4. The van der Waals surface area contributed by atoms with Gasteiger partial charge in [-0.3, -0.25) is 10.2 Å².